The van der Waals surface area contributed by atoms with Gasteiger partial charge in [0.2, 0.25) is 15.9 Å². The van der Waals surface area contributed by atoms with Crippen LogP contribution in [-0.2, 0) is 21.2 Å². The standard InChI is InChI=1S/C16H17ClN2O4S/c1-23-15-8-7-12(10-13(15)17)24(21,22)19-14(16(18)20)9-11-5-3-2-4-6-11/h2-8,10,14,19H,9H2,1H3,(H2,18,20). The lowest BCUT2D eigenvalue weighted by Crippen LogP contribution is -2.45. The van der Waals surface area contributed by atoms with Gasteiger partial charge in [-0.25, -0.2) is 8.42 Å². The summed E-state index contributed by atoms with van der Waals surface area (Å²) in [6.07, 6.45) is 0.152. The maximum atomic E-state index is 12.5. The van der Waals surface area contributed by atoms with E-state index in [1.165, 1.54) is 25.3 Å². The zero-order chi connectivity index (χ0) is 17.7. The zero-order valence-corrected chi connectivity index (χ0v) is 14.5. The van der Waals surface area contributed by atoms with E-state index in [-0.39, 0.29) is 16.3 Å². The van der Waals surface area contributed by atoms with Gasteiger partial charge in [0.1, 0.15) is 11.8 Å². The molecule has 0 heterocycles. The predicted molar refractivity (Wildman–Crippen MR) is 91.5 cm³/mol. The molecule has 1 unspecified atom stereocenters. The van der Waals surface area contributed by atoms with E-state index in [1.807, 2.05) is 6.07 Å². The number of nitrogens with one attached hydrogen (secondary N) is 1. The van der Waals surface area contributed by atoms with Crippen molar-refractivity contribution in [2.75, 3.05) is 7.11 Å². The van der Waals surface area contributed by atoms with Gasteiger partial charge < -0.3 is 10.5 Å². The average Bonchev–Trinajstić information content (AvgIpc) is 2.55. The highest BCUT2D eigenvalue weighted by molar-refractivity contribution is 7.89. The minimum Gasteiger partial charge on any atom is -0.495 e. The summed E-state index contributed by atoms with van der Waals surface area (Å²) in [6, 6.07) is 12.0. The topological polar surface area (TPSA) is 98.5 Å². The number of rotatable bonds is 7. The van der Waals surface area contributed by atoms with E-state index in [0.29, 0.717) is 5.75 Å². The van der Waals surface area contributed by atoms with Gasteiger partial charge in [-0.05, 0) is 30.2 Å². The van der Waals surface area contributed by atoms with Gasteiger partial charge in [0.25, 0.3) is 0 Å². The fraction of sp³-hybridized carbons (Fsp3) is 0.188. The molecule has 24 heavy (non-hydrogen) atoms. The molecule has 3 N–H and O–H groups in total. The fourth-order valence-electron chi connectivity index (χ4n) is 2.12. The van der Waals surface area contributed by atoms with Gasteiger partial charge in [0, 0.05) is 0 Å². The smallest absolute Gasteiger partial charge is 0.241 e. The maximum Gasteiger partial charge on any atom is 0.241 e. The summed E-state index contributed by atoms with van der Waals surface area (Å²) >= 11 is 5.96. The van der Waals surface area contributed by atoms with Crippen molar-refractivity contribution in [1.82, 2.24) is 4.72 Å². The first-order valence-corrected chi connectivity index (χ1v) is 8.88. The summed E-state index contributed by atoms with van der Waals surface area (Å²) < 4.78 is 32.3. The predicted octanol–water partition coefficient (Wildman–Crippen LogP) is 1.72. The largest absolute Gasteiger partial charge is 0.495 e. The lowest BCUT2D eigenvalue weighted by Gasteiger charge is -2.16. The van der Waals surface area contributed by atoms with Gasteiger partial charge in [0.05, 0.1) is 17.0 Å². The van der Waals surface area contributed by atoms with Gasteiger partial charge in [-0.2, -0.15) is 4.72 Å². The van der Waals surface area contributed by atoms with Crippen molar-refractivity contribution in [1.29, 1.82) is 0 Å². The molecule has 0 aromatic heterocycles. The summed E-state index contributed by atoms with van der Waals surface area (Å²) in [5.41, 5.74) is 6.12. The Morgan fingerprint density at radius 3 is 2.46 bits per heavy atom. The Morgan fingerprint density at radius 2 is 1.92 bits per heavy atom. The number of hydrogen-bond acceptors (Lipinski definition) is 4. The third-order valence-corrected chi connectivity index (χ3v) is 5.12. The third kappa shape index (κ3) is 4.47. The number of benzene rings is 2. The van der Waals surface area contributed by atoms with E-state index in [0.717, 1.165) is 5.56 Å². The summed E-state index contributed by atoms with van der Waals surface area (Å²) in [6.45, 7) is 0. The average molecular weight is 369 g/mol. The quantitative estimate of drug-likeness (QED) is 0.777. The molecule has 0 spiro atoms. The zero-order valence-electron chi connectivity index (χ0n) is 12.9. The second-order valence-electron chi connectivity index (χ2n) is 5.06. The van der Waals surface area contributed by atoms with Crippen LogP contribution < -0.4 is 15.2 Å². The van der Waals surface area contributed by atoms with Crippen molar-refractivity contribution in [2.24, 2.45) is 5.73 Å². The highest BCUT2D eigenvalue weighted by Crippen LogP contribution is 2.27. The van der Waals surface area contributed by atoms with Crippen LogP contribution in [0.1, 0.15) is 5.56 Å². The van der Waals surface area contributed by atoms with Gasteiger partial charge in [-0.15, -0.1) is 0 Å². The number of carbonyl (C=O) groups is 1. The second-order valence-corrected chi connectivity index (χ2v) is 7.18. The Hall–Kier alpha value is -2.09. The third-order valence-electron chi connectivity index (χ3n) is 3.36. The summed E-state index contributed by atoms with van der Waals surface area (Å²) in [4.78, 5) is 11.6. The van der Waals surface area contributed by atoms with E-state index in [4.69, 9.17) is 22.1 Å². The van der Waals surface area contributed by atoms with Crippen molar-refractivity contribution in [3.05, 3.63) is 59.1 Å². The molecule has 0 aliphatic heterocycles. The number of hydrogen-bond donors (Lipinski definition) is 2. The number of ether oxygens (including phenoxy) is 1. The molecule has 128 valence electrons. The van der Waals surface area contributed by atoms with Gasteiger partial charge >= 0.3 is 0 Å². The summed E-state index contributed by atoms with van der Waals surface area (Å²) in [7, 11) is -2.54. The van der Waals surface area contributed by atoms with Crippen molar-refractivity contribution < 1.29 is 17.9 Å². The molecule has 2 aromatic rings. The molecule has 0 saturated heterocycles. The van der Waals surface area contributed by atoms with Gasteiger partial charge in [-0.3, -0.25) is 4.79 Å². The first-order chi connectivity index (χ1) is 11.3. The minimum atomic E-state index is -3.96. The second kappa shape index (κ2) is 7.65. The Balaban J connectivity index is 2.24. The number of halogens is 1. The first kappa shape index (κ1) is 18.3. The number of methoxy groups -OCH3 is 1. The van der Waals surface area contributed by atoms with E-state index in [2.05, 4.69) is 4.72 Å². The van der Waals surface area contributed by atoms with Crippen LogP contribution in [0.25, 0.3) is 0 Å². The van der Waals surface area contributed by atoms with Crippen LogP contribution in [0.4, 0.5) is 0 Å². The monoisotopic (exact) mass is 368 g/mol. The summed E-state index contributed by atoms with van der Waals surface area (Å²) in [5.74, 6) is -0.409. The van der Waals surface area contributed by atoms with Crippen LogP contribution >= 0.6 is 11.6 Å². The van der Waals surface area contributed by atoms with Crippen LogP contribution in [0.5, 0.6) is 5.75 Å². The number of primary amides is 1. The van der Waals surface area contributed by atoms with Crippen molar-refractivity contribution in [3.63, 3.8) is 0 Å². The van der Waals surface area contributed by atoms with Crippen LogP contribution in [0, 0.1) is 0 Å². The molecule has 0 radical (unpaired) electrons. The van der Waals surface area contributed by atoms with E-state index in [1.54, 1.807) is 24.3 Å². The maximum absolute atomic E-state index is 12.5. The molecule has 2 aromatic carbocycles. The molecular formula is C16H17ClN2O4S. The van der Waals surface area contributed by atoms with Crippen LogP contribution in [0.15, 0.2) is 53.4 Å². The van der Waals surface area contributed by atoms with Gasteiger partial charge in [0.15, 0.2) is 0 Å². The van der Waals surface area contributed by atoms with E-state index in [9.17, 15) is 13.2 Å². The number of carbonyl (C=O) groups excluding carboxylic acids is 1. The number of sulfonamides is 1. The molecule has 1 amide bonds. The number of nitrogens with two attached hydrogens (primary N) is 1. The van der Waals surface area contributed by atoms with Crippen LogP contribution in [0.2, 0.25) is 5.02 Å². The minimum absolute atomic E-state index is 0.0763. The van der Waals surface area contributed by atoms with Crippen LogP contribution in [-0.4, -0.2) is 27.5 Å². The molecule has 2 rings (SSSR count). The lowest BCUT2D eigenvalue weighted by molar-refractivity contribution is -0.119. The SMILES string of the molecule is COc1ccc(S(=O)(=O)NC(Cc2ccccc2)C(N)=O)cc1Cl. The first-order valence-electron chi connectivity index (χ1n) is 7.02. The van der Waals surface area contributed by atoms with Crippen molar-refractivity contribution in [2.45, 2.75) is 17.4 Å². The van der Waals surface area contributed by atoms with Crippen molar-refractivity contribution >= 4 is 27.5 Å². The molecule has 0 aliphatic carbocycles. The molecule has 6 nitrogen and oxygen atoms in total. The molecule has 1 atom stereocenters. The highest BCUT2D eigenvalue weighted by Gasteiger charge is 2.25. The molecule has 0 fully saturated rings. The number of amides is 1. The highest BCUT2D eigenvalue weighted by atomic mass is 35.5. The fourth-order valence-corrected chi connectivity index (χ4v) is 3.67. The molecule has 8 heteroatoms. The Bertz CT molecular complexity index is 825. The normalized spacial score (nSPS) is 12.6. The molecule has 0 aliphatic rings. The van der Waals surface area contributed by atoms with E-state index >= 15 is 0 Å². The molecule has 0 saturated carbocycles. The van der Waals surface area contributed by atoms with Gasteiger partial charge in [-0.1, -0.05) is 41.9 Å². The summed E-state index contributed by atoms with van der Waals surface area (Å²) in [5, 5.41) is 0.152. The Morgan fingerprint density at radius 1 is 1.25 bits per heavy atom. The lowest BCUT2D eigenvalue weighted by atomic mass is 10.1. The van der Waals surface area contributed by atoms with Crippen molar-refractivity contribution in [3.8, 4) is 5.75 Å². The van der Waals surface area contributed by atoms with E-state index < -0.39 is 22.0 Å². The van der Waals surface area contributed by atoms with Crippen LogP contribution in [0.3, 0.4) is 0 Å². The molecular weight excluding hydrogens is 352 g/mol. The Kier molecular flexibility index (Phi) is 5.82. The molecule has 0 bridgehead atoms. The Labute approximate surface area is 145 Å².